The van der Waals surface area contributed by atoms with Crippen LogP contribution in [-0.2, 0) is 0 Å². The number of carbonyl (C=O) groups is 1. The van der Waals surface area contributed by atoms with E-state index >= 15 is 0 Å². The molecule has 2 rings (SSSR count). The summed E-state index contributed by atoms with van der Waals surface area (Å²) in [6.45, 7) is 0.336. The number of anilines is 1. The number of carbonyl (C=O) groups excluding carboxylic acids is 1. The molecule has 0 atom stereocenters. The van der Waals surface area contributed by atoms with Crippen molar-refractivity contribution < 1.29 is 14.6 Å². The fourth-order valence-corrected chi connectivity index (χ4v) is 1.97. The van der Waals surface area contributed by atoms with E-state index in [1.807, 2.05) is 0 Å². The van der Waals surface area contributed by atoms with Gasteiger partial charge in [0.15, 0.2) is 0 Å². The normalized spacial score (nSPS) is 14.3. The average molecular weight is 250 g/mol. The first-order chi connectivity index (χ1) is 8.65. The second-order valence-corrected chi connectivity index (χ2v) is 4.45. The summed E-state index contributed by atoms with van der Waals surface area (Å²) in [6, 6.07) is 5.24. The maximum atomic E-state index is 12.3. The summed E-state index contributed by atoms with van der Waals surface area (Å²) >= 11 is 0. The lowest BCUT2D eigenvalue weighted by atomic mass is 10.1. The van der Waals surface area contributed by atoms with Crippen LogP contribution in [-0.4, -0.2) is 42.2 Å². The van der Waals surface area contributed by atoms with Crippen LogP contribution in [0.5, 0.6) is 5.75 Å². The lowest BCUT2D eigenvalue weighted by Crippen LogP contribution is -2.35. The molecule has 5 heteroatoms. The number of rotatable bonds is 5. The Bertz CT molecular complexity index is 444. The highest BCUT2D eigenvalue weighted by atomic mass is 16.5. The first kappa shape index (κ1) is 12.7. The maximum Gasteiger partial charge on any atom is 0.254 e. The smallest absolute Gasteiger partial charge is 0.254 e. The SMILES string of the molecule is COc1cc(N)cc(C(=O)N(CCO)C2CC2)c1. The highest BCUT2D eigenvalue weighted by Gasteiger charge is 2.32. The van der Waals surface area contributed by atoms with Gasteiger partial charge in [0.05, 0.1) is 13.7 Å². The first-order valence-corrected chi connectivity index (χ1v) is 6.02. The van der Waals surface area contributed by atoms with E-state index in [9.17, 15) is 4.79 Å². The number of aliphatic hydroxyl groups is 1. The van der Waals surface area contributed by atoms with Gasteiger partial charge in [-0.15, -0.1) is 0 Å². The van der Waals surface area contributed by atoms with E-state index in [2.05, 4.69) is 0 Å². The Morgan fingerprint density at radius 2 is 2.22 bits per heavy atom. The Labute approximate surface area is 106 Å². The van der Waals surface area contributed by atoms with Crippen molar-refractivity contribution in [1.82, 2.24) is 4.90 Å². The molecule has 1 fully saturated rings. The molecule has 1 aliphatic rings. The van der Waals surface area contributed by atoms with E-state index in [-0.39, 0.29) is 18.6 Å². The van der Waals surface area contributed by atoms with Crippen LogP contribution >= 0.6 is 0 Å². The van der Waals surface area contributed by atoms with Crippen LogP contribution in [0, 0.1) is 0 Å². The molecule has 0 heterocycles. The zero-order valence-electron chi connectivity index (χ0n) is 10.4. The quantitative estimate of drug-likeness (QED) is 0.760. The largest absolute Gasteiger partial charge is 0.497 e. The van der Waals surface area contributed by atoms with Gasteiger partial charge >= 0.3 is 0 Å². The third kappa shape index (κ3) is 2.73. The molecule has 0 radical (unpaired) electrons. The number of amides is 1. The number of nitrogen functional groups attached to an aromatic ring is 1. The van der Waals surface area contributed by atoms with Gasteiger partial charge in [-0.1, -0.05) is 0 Å². The predicted molar refractivity (Wildman–Crippen MR) is 68.6 cm³/mol. The van der Waals surface area contributed by atoms with Crippen molar-refractivity contribution in [2.75, 3.05) is 26.0 Å². The molecule has 0 bridgehead atoms. The standard InChI is InChI=1S/C13H18N2O3/c1-18-12-7-9(6-10(14)8-12)13(17)15(4-5-16)11-2-3-11/h6-8,11,16H,2-5,14H2,1H3. The summed E-state index contributed by atoms with van der Waals surface area (Å²) in [6.07, 6.45) is 2.01. The van der Waals surface area contributed by atoms with Crippen LogP contribution in [0.2, 0.25) is 0 Å². The third-order valence-electron chi connectivity index (χ3n) is 3.00. The van der Waals surface area contributed by atoms with Crippen LogP contribution in [0.15, 0.2) is 18.2 Å². The summed E-state index contributed by atoms with van der Waals surface area (Å²) in [5, 5.41) is 9.02. The minimum Gasteiger partial charge on any atom is -0.497 e. The van der Waals surface area contributed by atoms with Crippen molar-refractivity contribution in [1.29, 1.82) is 0 Å². The molecular formula is C13H18N2O3. The number of methoxy groups -OCH3 is 1. The Kier molecular flexibility index (Phi) is 3.72. The average Bonchev–Trinajstić information content (AvgIpc) is 3.18. The molecule has 0 unspecified atom stereocenters. The molecule has 0 aliphatic heterocycles. The monoisotopic (exact) mass is 250 g/mol. The summed E-state index contributed by atoms with van der Waals surface area (Å²) in [7, 11) is 1.54. The zero-order chi connectivity index (χ0) is 13.1. The number of ether oxygens (including phenoxy) is 1. The Balaban J connectivity index is 2.23. The molecule has 1 amide bonds. The van der Waals surface area contributed by atoms with Gasteiger partial charge in [0.2, 0.25) is 0 Å². The molecule has 3 N–H and O–H groups in total. The number of hydrogen-bond donors (Lipinski definition) is 2. The van der Waals surface area contributed by atoms with Crippen molar-refractivity contribution in [2.45, 2.75) is 18.9 Å². The molecule has 1 aliphatic carbocycles. The van der Waals surface area contributed by atoms with Crippen molar-refractivity contribution in [3.63, 3.8) is 0 Å². The molecule has 1 saturated carbocycles. The van der Waals surface area contributed by atoms with Crippen LogP contribution in [0.25, 0.3) is 0 Å². The van der Waals surface area contributed by atoms with Crippen molar-refractivity contribution >= 4 is 11.6 Å². The molecule has 0 saturated heterocycles. The fraction of sp³-hybridized carbons (Fsp3) is 0.462. The lowest BCUT2D eigenvalue weighted by Gasteiger charge is -2.21. The molecule has 5 nitrogen and oxygen atoms in total. The number of nitrogens with zero attached hydrogens (tertiary/aromatic N) is 1. The lowest BCUT2D eigenvalue weighted by molar-refractivity contribution is 0.0707. The van der Waals surface area contributed by atoms with Crippen molar-refractivity contribution in [2.24, 2.45) is 0 Å². The van der Waals surface area contributed by atoms with E-state index in [0.29, 0.717) is 23.5 Å². The van der Waals surface area contributed by atoms with Crippen LogP contribution in [0.4, 0.5) is 5.69 Å². The molecular weight excluding hydrogens is 232 g/mol. The van der Waals surface area contributed by atoms with E-state index < -0.39 is 0 Å². The molecule has 18 heavy (non-hydrogen) atoms. The highest BCUT2D eigenvalue weighted by Crippen LogP contribution is 2.29. The fourth-order valence-electron chi connectivity index (χ4n) is 1.97. The molecule has 1 aromatic rings. The van der Waals surface area contributed by atoms with Crippen LogP contribution in [0.3, 0.4) is 0 Å². The van der Waals surface area contributed by atoms with Crippen LogP contribution in [0.1, 0.15) is 23.2 Å². The van der Waals surface area contributed by atoms with E-state index in [1.54, 1.807) is 23.1 Å². The number of aliphatic hydroxyl groups excluding tert-OH is 1. The zero-order valence-corrected chi connectivity index (χ0v) is 10.4. The van der Waals surface area contributed by atoms with Gasteiger partial charge in [0, 0.05) is 29.9 Å². The van der Waals surface area contributed by atoms with Crippen molar-refractivity contribution in [3.05, 3.63) is 23.8 Å². The molecule has 0 spiro atoms. The Hall–Kier alpha value is -1.75. The summed E-state index contributed by atoms with van der Waals surface area (Å²) in [5.74, 6) is 0.468. The number of hydrogen-bond acceptors (Lipinski definition) is 4. The topological polar surface area (TPSA) is 75.8 Å². The van der Waals surface area contributed by atoms with Crippen LogP contribution < -0.4 is 10.5 Å². The van der Waals surface area contributed by atoms with Gasteiger partial charge in [-0.25, -0.2) is 0 Å². The minimum atomic E-state index is -0.0999. The Morgan fingerprint density at radius 1 is 1.50 bits per heavy atom. The summed E-state index contributed by atoms with van der Waals surface area (Å²) in [4.78, 5) is 14.0. The third-order valence-corrected chi connectivity index (χ3v) is 3.00. The predicted octanol–water partition coefficient (Wildman–Crippen LogP) is 0.874. The first-order valence-electron chi connectivity index (χ1n) is 6.02. The molecule has 1 aromatic carbocycles. The highest BCUT2D eigenvalue weighted by molar-refractivity contribution is 5.96. The minimum absolute atomic E-state index is 0.0261. The van der Waals surface area contributed by atoms with Crippen molar-refractivity contribution in [3.8, 4) is 5.75 Å². The summed E-state index contributed by atoms with van der Waals surface area (Å²) < 4.78 is 5.10. The van der Waals surface area contributed by atoms with E-state index in [0.717, 1.165) is 12.8 Å². The number of nitrogens with two attached hydrogens (primary N) is 1. The molecule has 0 aromatic heterocycles. The second-order valence-electron chi connectivity index (χ2n) is 4.45. The van der Waals surface area contributed by atoms with Gasteiger partial charge in [0.1, 0.15) is 5.75 Å². The van der Waals surface area contributed by atoms with Gasteiger partial charge in [-0.05, 0) is 25.0 Å². The Morgan fingerprint density at radius 3 is 2.78 bits per heavy atom. The van der Waals surface area contributed by atoms with Gasteiger partial charge in [0.25, 0.3) is 5.91 Å². The maximum absolute atomic E-state index is 12.3. The van der Waals surface area contributed by atoms with E-state index in [4.69, 9.17) is 15.6 Å². The number of benzene rings is 1. The summed E-state index contributed by atoms with van der Waals surface area (Å²) in [5.41, 5.74) is 6.74. The van der Waals surface area contributed by atoms with Gasteiger partial charge in [-0.3, -0.25) is 4.79 Å². The second kappa shape index (κ2) is 5.27. The van der Waals surface area contributed by atoms with Gasteiger partial charge < -0.3 is 20.5 Å². The van der Waals surface area contributed by atoms with E-state index in [1.165, 1.54) is 7.11 Å². The van der Waals surface area contributed by atoms with Gasteiger partial charge in [-0.2, -0.15) is 0 Å². The molecule has 98 valence electrons.